The molecule has 2 aliphatic carbocycles. The van der Waals surface area contributed by atoms with Gasteiger partial charge in [0.25, 0.3) is 0 Å². The minimum atomic E-state index is -1.73. The molecule has 0 bridgehead atoms. The number of rotatable bonds is 7. The van der Waals surface area contributed by atoms with Crippen LogP contribution in [0, 0.1) is 11.3 Å². The van der Waals surface area contributed by atoms with Crippen molar-refractivity contribution in [1.82, 2.24) is 5.32 Å². The summed E-state index contributed by atoms with van der Waals surface area (Å²) in [4.78, 5) is 34.6. The lowest BCUT2D eigenvalue weighted by Gasteiger charge is -2.29. The number of allylic oxidation sites excluding steroid dienone is 2. The Balaban J connectivity index is 1.92. The fourth-order valence-corrected chi connectivity index (χ4v) is 3.25. The van der Waals surface area contributed by atoms with Crippen molar-refractivity contribution in [3.63, 3.8) is 0 Å². The zero-order valence-electron chi connectivity index (χ0n) is 12.8. The summed E-state index contributed by atoms with van der Waals surface area (Å²) in [5.41, 5.74) is 4.73. The molecule has 0 aliphatic heterocycles. The largest absolute Gasteiger partial charge is 0.479 e. The van der Waals surface area contributed by atoms with Crippen LogP contribution in [0.25, 0.3) is 0 Å². The van der Waals surface area contributed by atoms with Crippen molar-refractivity contribution >= 4 is 17.7 Å². The molecule has 0 heterocycles. The molecule has 6 atom stereocenters. The van der Waals surface area contributed by atoms with Crippen LogP contribution in [0.5, 0.6) is 0 Å². The van der Waals surface area contributed by atoms with Crippen molar-refractivity contribution < 1.29 is 29.7 Å². The third kappa shape index (κ3) is 3.29. The number of nitrogens with one attached hydrogen (secondary N) is 1. The Morgan fingerprint density at radius 3 is 2.70 bits per heavy atom. The molecule has 1 fully saturated rings. The van der Waals surface area contributed by atoms with Crippen LogP contribution in [0.4, 0.5) is 0 Å². The van der Waals surface area contributed by atoms with Crippen LogP contribution in [0.3, 0.4) is 0 Å². The normalized spacial score (nSPS) is 30.8. The predicted molar refractivity (Wildman–Crippen MR) is 79.2 cm³/mol. The van der Waals surface area contributed by atoms with E-state index in [-0.39, 0.29) is 11.7 Å². The van der Waals surface area contributed by atoms with Gasteiger partial charge in [0.1, 0.15) is 0 Å². The molecule has 1 saturated carbocycles. The topological polar surface area (TPSA) is 150 Å². The van der Waals surface area contributed by atoms with Gasteiger partial charge >= 0.3 is 5.97 Å². The second-order valence-electron chi connectivity index (χ2n) is 6.38. The van der Waals surface area contributed by atoms with Crippen LogP contribution in [0.2, 0.25) is 0 Å². The average Bonchev–Trinajstić information content (AvgIpc) is 3.23. The minimum Gasteiger partial charge on any atom is -0.479 e. The molecule has 2 aliphatic rings. The molecule has 0 aromatic carbocycles. The van der Waals surface area contributed by atoms with Gasteiger partial charge in [-0.05, 0) is 31.8 Å². The molecule has 8 heteroatoms. The van der Waals surface area contributed by atoms with Crippen molar-refractivity contribution in [2.75, 3.05) is 0 Å². The predicted octanol–water partition coefficient (Wildman–Crippen LogP) is -1.45. The zero-order valence-corrected chi connectivity index (χ0v) is 12.8. The van der Waals surface area contributed by atoms with E-state index in [1.165, 1.54) is 6.08 Å². The van der Waals surface area contributed by atoms with E-state index in [0.717, 1.165) is 6.42 Å². The maximum absolute atomic E-state index is 12.1. The smallest absolute Gasteiger partial charge is 0.332 e. The highest BCUT2D eigenvalue weighted by atomic mass is 16.4. The number of nitrogens with two attached hydrogens (primary N) is 1. The standard InChI is InChI=1S/C15H22N2O6/c1-7(17-13(21)9(16)5-10(18)14(22)23)12(20)15-6-8(15)3-2-4-11(15)19/h2,4,7-10,12,18,20H,3,5-6,16H2,1H3,(H,17,21)(H,22,23)/t7-,8+,9-,10+,12+,15+/m1/s1. The summed E-state index contributed by atoms with van der Waals surface area (Å²) in [6.45, 7) is 1.57. The van der Waals surface area contributed by atoms with E-state index in [1.54, 1.807) is 13.0 Å². The van der Waals surface area contributed by atoms with Gasteiger partial charge in [-0.25, -0.2) is 4.79 Å². The molecule has 0 spiro atoms. The van der Waals surface area contributed by atoms with E-state index < -0.39 is 48.0 Å². The highest BCUT2D eigenvalue weighted by Crippen LogP contribution is 2.60. The van der Waals surface area contributed by atoms with E-state index in [1.807, 2.05) is 0 Å². The Bertz CT molecular complexity index is 548. The average molecular weight is 326 g/mol. The van der Waals surface area contributed by atoms with Gasteiger partial charge in [-0.15, -0.1) is 0 Å². The van der Waals surface area contributed by atoms with Gasteiger partial charge in [0.15, 0.2) is 11.9 Å². The van der Waals surface area contributed by atoms with Crippen LogP contribution in [-0.4, -0.2) is 57.3 Å². The van der Waals surface area contributed by atoms with Gasteiger partial charge in [-0.1, -0.05) is 6.08 Å². The van der Waals surface area contributed by atoms with Crippen LogP contribution >= 0.6 is 0 Å². The summed E-state index contributed by atoms with van der Waals surface area (Å²) >= 11 is 0. The van der Waals surface area contributed by atoms with Gasteiger partial charge in [0.05, 0.1) is 23.6 Å². The monoisotopic (exact) mass is 326 g/mol. The third-order valence-corrected chi connectivity index (χ3v) is 4.77. The fourth-order valence-electron chi connectivity index (χ4n) is 3.25. The number of hydrogen-bond acceptors (Lipinski definition) is 6. The van der Waals surface area contributed by atoms with Crippen molar-refractivity contribution in [2.24, 2.45) is 17.1 Å². The number of aliphatic carboxylic acids is 1. The lowest BCUT2D eigenvalue weighted by atomic mass is 9.83. The van der Waals surface area contributed by atoms with E-state index in [4.69, 9.17) is 10.8 Å². The van der Waals surface area contributed by atoms with E-state index >= 15 is 0 Å². The molecule has 6 N–H and O–H groups in total. The Labute approximate surface area is 133 Å². The number of aliphatic hydroxyl groups is 2. The molecule has 0 saturated heterocycles. The first-order valence-corrected chi connectivity index (χ1v) is 7.56. The van der Waals surface area contributed by atoms with E-state index in [9.17, 15) is 24.6 Å². The van der Waals surface area contributed by atoms with Crippen LogP contribution < -0.4 is 11.1 Å². The molecule has 128 valence electrons. The van der Waals surface area contributed by atoms with Crippen molar-refractivity contribution in [3.8, 4) is 0 Å². The lowest BCUT2D eigenvalue weighted by Crippen LogP contribution is -2.53. The molecular weight excluding hydrogens is 304 g/mol. The van der Waals surface area contributed by atoms with Crippen molar-refractivity contribution in [2.45, 2.75) is 50.5 Å². The summed E-state index contributed by atoms with van der Waals surface area (Å²) in [6, 6.07) is -1.93. The number of amides is 1. The first kappa shape index (κ1) is 17.6. The van der Waals surface area contributed by atoms with Crippen LogP contribution in [0.1, 0.15) is 26.2 Å². The quantitative estimate of drug-likeness (QED) is 0.384. The highest BCUT2D eigenvalue weighted by molar-refractivity contribution is 5.99. The number of carboxylic acids is 1. The fraction of sp³-hybridized carbons (Fsp3) is 0.667. The summed E-state index contributed by atoms with van der Waals surface area (Å²) in [6.07, 6.45) is 1.38. The van der Waals surface area contributed by atoms with E-state index in [0.29, 0.717) is 6.42 Å². The van der Waals surface area contributed by atoms with Crippen LogP contribution in [0.15, 0.2) is 12.2 Å². The first-order valence-electron chi connectivity index (χ1n) is 7.56. The Morgan fingerprint density at radius 1 is 1.48 bits per heavy atom. The van der Waals surface area contributed by atoms with Gasteiger partial charge < -0.3 is 26.4 Å². The van der Waals surface area contributed by atoms with Gasteiger partial charge in [0.2, 0.25) is 5.91 Å². The Kier molecular flexibility index (Phi) is 4.88. The van der Waals surface area contributed by atoms with Gasteiger partial charge in [-0.3, -0.25) is 9.59 Å². The number of hydrogen-bond donors (Lipinski definition) is 5. The number of carbonyl (C=O) groups is 3. The number of carbonyl (C=O) groups excluding carboxylic acids is 2. The second kappa shape index (κ2) is 6.38. The lowest BCUT2D eigenvalue weighted by molar-refractivity contribution is -0.147. The minimum absolute atomic E-state index is 0.0943. The second-order valence-corrected chi connectivity index (χ2v) is 6.38. The number of carboxylic acid groups (broad SMARTS) is 1. The summed E-state index contributed by atoms with van der Waals surface area (Å²) in [5, 5.41) is 30.8. The molecule has 1 amide bonds. The van der Waals surface area contributed by atoms with Crippen molar-refractivity contribution in [1.29, 1.82) is 0 Å². The number of aliphatic hydroxyl groups excluding tert-OH is 2. The molecule has 0 radical (unpaired) electrons. The zero-order chi connectivity index (χ0) is 17.4. The Morgan fingerprint density at radius 2 is 2.13 bits per heavy atom. The van der Waals surface area contributed by atoms with Crippen LogP contribution in [-0.2, 0) is 14.4 Å². The molecular formula is C15H22N2O6. The molecule has 8 nitrogen and oxygen atoms in total. The maximum Gasteiger partial charge on any atom is 0.332 e. The number of ketones is 1. The first-order chi connectivity index (χ1) is 10.7. The molecule has 0 unspecified atom stereocenters. The molecule has 0 aromatic rings. The third-order valence-electron chi connectivity index (χ3n) is 4.77. The van der Waals surface area contributed by atoms with Crippen molar-refractivity contribution in [3.05, 3.63) is 12.2 Å². The highest BCUT2D eigenvalue weighted by Gasteiger charge is 2.64. The summed E-state index contributed by atoms with van der Waals surface area (Å²) in [7, 11) is 0. The summed E-state index contributed by atoms with van der Waals surface area (Å²) in [5.74, 6) is -2.17. The van der Waals surface area contributed by atoms with E-state index in [2.05, 4.69) is 5.32 Å². The molecule has 0 aromatic heterocycles. The van der Waals surface area contributed by atoms with Gasteiger partial charge in [-0.2, -0.15) is 0 Å². The Hall–Kier alpha value is -1.77. The number of fused-ring (bicyclic) bond motifs is 1. The molecule has 23 heavy (non-hydrogen) atoms. The van der Waals surface area contributed by atoms with Gasteiger partial charge in [0, 0.05) is 6.42 Å². The summed E-state index contributed by atoms with van der Waals surface area (Å²) < 4.78 is 0. The SMILES string of the molecule is C[C@@H](NC(=O)[C@H](N)C[C@H](O)C(=O)O)[C@H](O)[C@@]12C[C@@H]1CC=CC2=O. The maximum atomic E-state index is 12.1. The molecule has 2 rings (SSSR count).